The summed E-state index contributed by atoms with van der Waals surface area (Å²) in [5.41, 5.74) is 0. The predicted octanol–water partition coefficient (Wildman–Crippen LogP) is 1.40. The highest BCUT2D eigenvalue weighted by Gasteiger charge is 2.25. The molecule has 17 heavy (non-hydrogen) atoms. The van der Waals surface area contributed by atoms with Crippen molar-refractivity contribution in [3.05, 3.63) is 12.4 Å². The molecule has 0 aromatic carbocycles. The number of nitrogens with one attached hydrogen (secondary N) is 1. The van der Waals surface area contributed by atoms with E-state index in [9.17, 15) is 8.42 Å². The van der Waals surface area contributed by atoms with Gasteiger partial charge in [-0.2, -0.15) is 5.10 Å². The summed E-state index contributed by atoms with van der Waals surface area (Å²) in [5.74, 6) is 0. The normalized spacial score (nSPS) is 26.0. The van der Waals surface area contributed by atoms with Crippen LogP contribution in [0.3, 0.4) is 0 Å². The molecule has 1 aliphatic rings. The minimum Gasteiger partial charge on any atom is -0.274 e. The molecule has 0 radical (unpaired) electrons. The summed E-state index contributed by atoms with van der Waals surface area (Å²) in [6.45, 7) is 0. The summed E-state index contributed by atoms with van der Waals surface area (Å²) in [5, 5.41) is 3.88. The van der Waals surface area contributed by atoms with Gasteiger partial charge in [-0.15, -0.1) is 0 Å². The van der Waals surface area contributed by atoms with Crippen molar-refractivity contribution in [1.82, 2.24) is 14.5 Å². The quantitative estimate of drug-likeness (QED) is 0.856. The van der Waals surface area contributed by atoms with Gasteiger partial charge in [0.1, 0.15) is 4.90 Å². The molecule has 1 fully saturated rings. The van der Waals surface area contributed by atoms with Crippen molar-refractivity contribution in [2.24, 2.45) is 7.05 Å². The van der Waals surface area contributed by atoms with Crippen LogP contribution in [0.1, 0.15) is 25.7 Å². The maximum atomic E-state index is 12.0. The highest BCUT2D eigenvalue weighted by atomic mass is 79.9. The fourth-order valence-electron chi connectivity index (χ4n) is 2.00. The highest BCUT2D eigenvalue weighted by Crippen LogP contribution is 2.25. The van der Waals surface area contributed by atoms with E-state index in [-0.39, 0.29) is 10.9 Å². The van der Waals surface area contributed by atoms with Crippen LogP contribution in [0.2, 0.25) is 0 Å². The van der Waals surface area contributed by atoms with Gasteiger partial charge >= 0.3 is 0 Å². The van der Waals surface area contributed by atoms with Gasteiger partial charge in [-0.05, 0) is 25.7 Å². The van der Waals surface area contributed by atoms with Gasteiger partial charge in [0.25, 0.3) is 0 Å². The molecule has 1 N–H and O–H groups in total. The van der Waals surface area contributed by atoms with Crippen molar-refractivity contribution < 1.29 is 8.42 Å². The van der Waals surface area contributed by atoms with Crippen LogP contribution in [0.25, 0.3) is 0 Å². The van der Waals surface area contributed by atoms with E-state index in [2.05, 4.69) is 25.8 Å². The minimum atomic E-state index is -3.41. The maximum absolute atomic E-state index is 12.0. The second-order valence-electron chi connectivity index (χ2n) is 4.42. The molecule has 1 saturated carbocycles. The summed E-state index contributed by atoms with van der Waals surface area (Å²) >= 11 is 3.55. The van der Waals surface area contributed by atoms with Crippen LogP contribution in [0.4, 0.5) is 0 Å². The van der Waals surface area contributed by atoms with Crippen LogP contribution in [0.5, 0.6) is 0 Å². The van der Waals surface area contributed by atoms with Gasteiger partial charge in [-0.3, -0.25) is 4.68 Å². The third-order valence-electron chi connectivity index (χ3n) is 2.97. The average Bonchev–Trinajstić information content (AvgIpc) is 2.69. The summed E-state index contributed by atoms with van der Waals surface area (Å²) < 4.78 is 28.3. The van der Waals surface area contributed by atoms with E-state index in [1.165, 1.54) is 17.1 Å². The molecule has 1 heterocycles. The van der Waals surface area contributed by atoms with Crippen LogP contribution >= 0.6 is 15.9 Å². The molecular formula is C10H16BrN3O2S. The lowest BCUT2D eigenvalue weighted by molar-refractivity contribution is 0.422. The smallest absolute Gasteiger partial charge is 0.243 e. The Morgan fingerprint density at radius 3 is 2.59 bits per heavy atom. The van der Waals surface area contributed by atoms with E-state index in [1.54, 1.807) is 7.05 Å². The van der Waals surface area contributed by atoms with Crippen LogP contribution in [-0.4, -0.2) is 29.1 Å². The summed E-state index contributed by atoms with van der Waals surface area (Å²) in [7, 11) is -1.70. The zero-order chi connectivity index (χ0) is 12.5. The third kappa shape index (κ3) is 3.29. The molecule has 0 saturated heterocycles. The van der Waals surface area contributed by atoms with Gasteiger partial charge in [0.05, 0.1) is 6.20 Å². The Morgan fingerprint density at radius 2 is 2.06 bits per heavy atom. The average molecular weight is 322 g/mol. The monoisotopic (exact) mass is 321 g/mol. The number of aromatic nitrogens is 2. The molecule has 0 bridgehead atoms. The van der Waals surface area contributed by atoms with Gasteiger partial charge in [0, 0.05) is 24.1 Å². The first kappa shape index (κ1) is 13.0. The molecule has 1 aliphatic carbocycles. The van der Waals surface area contributed by atoms with Crippen LogP contribution in [-0.2, 0) is 17.1 Å². The molecule has 0 spiro atoms. The van der Waals surface area contributed by atoms with E-state index >= 15 is 0 Å². The van der Waals surface area contributed by atoms with Crippen molar-refractivity contribution in [2.45, 2.75) is 41.4 Å². The number of hydrogen-bond donors (Lipinski definition) is 1. The molecule has 7 heteroatoms. The van der Waals surface area contributed by atoms with Gasteiger partial charge < -0.3 is 0 Å². The topological polar surface area (TPSA) is 64.0 Å². The summed E-state index contributed by atoms with van der Waals surface area (Å²) in [6.07, 6.45) is 6.68. The third-order valence-corrected chi connectivity index (χ3v) is 5.36. The second-order valence-corrected chi connectivity index (χ2v) is 7.43. The van der Waals surface area contributed by atoms with Crippen molar-refractivity contribution in [3.8, 4) is 0 Å². The molecule has 0 unspecified atom stereocenters. The molecule has 1 aromatic rings. The number of nitrogens with zero attached hydrogens (tertiary/aromatic N) is 2. The molecule has 0 atom stereocenters. The molecule has 2 rings (SSSR count). The van der Waals surface area contributed by atoms with Crippen molar-refractivity contribution in [1.29, 1.82) is 0 Å². The molecule has 5 nitrogen and oxygen atoms in total. The summed E-state index contributed by atoms with van der Waals surface area (Å²) in [6, 6.07) is 0.0500. The molecule has 0 aliphatic heterocycles. The van der Waals surface area contributed by atoms with E-state index in [0.717, 1.165) is 25.7 Å². The number of rotatable bonds is 3. The van der Waals surface area contributed by atoms with Gasteiger partial charge in [0.15, 0.2) is 0 Å². The largest absolute Gasteiger partial charge is 0.274 e. The fourth-order valence-corrected chi connectivity index (χ4v) is 3.81. The van der Waals surface area contributed by atoms with Gasteiger partial charge in [-0.1, -0.05) is 15.9 Å². The number of halogens is 1. The highest BCUT2D eigenvalue weighted by molar-refractivity contribution is 9.09. The molecule has 0 amide bonds. The Hall–Kier alpha value is -0.400. The zero-order valence-electron chi connectivity index (χ0n) is 9.63. The van der Waals surface area contributed by atoms with Crippen LogP contribution in [0, 0.1) is 0 Å². The fraction of sp³-hybridized carbons (Fsp3) is 0.700. The Kier molecular flexibility index (Phi) is 3.89. The first-order valence-electron chi connectivity index (χ1n) is 5.62. The molecular weight excluding hydrogens is 306 g/mol. The predicted molar refractivity (Wildman–Crippen MR) is 68.5 cm³/mol. The van der Waals surface area contributed by atoms with E-state index in [1.807, 2.05) is 0 Å². The van der Waals surface area contributed by atoms with Crippen LogP contribution in [0.15, 0.2) is 17.3 Å². The lowest BCUT2D eigenvalue weighted by Crippen LogP contribution is -2.37. The first-order valence-corrected chi connectivity index (χ1v) is 8.02. The van der Waals surface area contributed by atoms with Gasteiger partial charge in [0.2, 0.25) is 10.0 Å². The van der Waals surface area contributed by atoms with Crippen molar-refractivity contribution in [2.75, 3.05) is 0 Å². The lowest BCUT2D eigenvalue weighted by Gasteiger charge is -2.25. The van der Waals surface area contributed by atoms with Crippen LogP contribution < -0.4 is 4.72 Å². The maximum Gasteiger partial charge on any atom is 0.243 e. The zero-order valence-corrected chi connectivity index (χ0v) is 12.0. The van der Waals surface area contributed by atoms with Crippen molar-refractivity contribution >= 4 is 26.0 Å². The summed E-state index contributed by atoms with van der Waals surface area (Å²) in [4.78, 5) is 0.766. The first-order chi connectivity index (χ1) is 7.97. The Morgan fingerprint density at radius 1 is 1.41 bits per heavy atom. The van der Waals surface area contributed by atoms with Crippen molar-refractivity contribution in [3.63, 3.8) is 0 Å². The van der Waals surface area contributed by atoms with E-state index in [0.29, 0.717) is 4.83 Å². The number of aryl methyl sites for hydroxylation is 1. The van der Waals surface area contributed by atoms with E-state index < -0.39 is 10.0 Å². The standard InChI is InChI=1S/C10H16BrN3O2S/c1-14-7-10(6-12-14)17(15,16)13-9-4-2-8(11)3-5-9/h6-9,13H,2-5H2,1H3. The number of hydrogen-bond acceptors (Lipinski definition) is 3. The minimum absolute atomic E-state index is 0.0500. The lowest BCUT2D eigenvalue weighted by atomic mass is 9.96. The Labute approximate surface area is 110 Å². The SMILES string of the molecule is Cn1cc(S(=O)(=O)NC2CCC(Br)CC2)cn1. The molecule has 96 valence electrons. The second kappa shape index (κ2) is 5.07. The number of sulfonamides is 1. The van der Waals surface area contributed by atoms with E-state index in [4.69, 9.17) is 0 Å². The Balaban J connectivity index is 2.03. The number of alkyl halides is 1. The molecule has 1 aromatic heterocycles. The van der Waals surface area contributed by atoms with Gasteiger partial charge in [-0.25, -0.2) is 13.1 Å². The Bertz CT molecular complexity index is 477.